The van der Waals surface area contributed by atoms with Crippen LogP contribution in [0.1, 0.15) is 5.56 Å². The topological polar surface area (TPSA) is 96.4 Å². The van der Waals surface area contributed by atoms with Crippen LogP contribution in [-0.4, -0.2) is 85.6 Å². The number of anilines is 2. The van der Waals surface area contributed by atoms with E-state index in [1.807, 2.05) is 4.90 Å². The van der Waals surface area contributed by atoms with Crippen molar-refractivity contribution in [1.29, 1.82) is 0 Å². The van der Waals surface area contributed by atoms with Gasteiger partial charge in [-0.05, 0) is 24.3 Å². The Bertz CT molecular complexity index is 1090. The van der Waals surface area contributed by atoms with Crippen molar-refractivity contribution in [3.63, 3.8) is 0 Å². The molecule has 36 heavy (non-hydrogen) atoms. The van der Waals surface area contributed by atoms with Crippen LogP contribution in [0.3, 0.4) is 0 Å². The molecule has 2 atom stereocenters. The Balaban J connectivity index is 1.38. The Kier molecular flexibility index (Phi) is 7.55. The summed E-state index contributed by atoms with van der Waals surface area (Å²) >= 11 is 0. The number of nitrogens with one attached hydrogen (secondary N) is 1. The molecule has 0 spiro atoms. The molecule has 2 aliphatic rings. The van der Waals surface area contributed by atoms with E-state index in [2.05, 4.69) is 15.3 Å². The highest BCUT2D eigenvalue weighted by molar-refractivity contribution is 6.02. The van der Waals surface area contributed by atoms with Crippen LogP contribution in [-0.2, 0) is 14.3 Å². The van der Waals surface area contributed by atoms with Crippen LogP contribution in [0.15, 0.2) is 53.7 Å². The number of carbonyl (C=O) groups excluding carboxylic acids is 2. The molecule has 0 bridgehead atoms. The molecular weight excluding hydrogens is 486 g/mol. The zero-order valence-corrected chi connectivity index (χ0v) is 18.9. The number of pyridine rings is 1. The first-order valence-electron chi connectivity index (χ1n) is 11.1. The number of alkyl halides is 4. The lowest BCUT2D eigenvalue weighted by atomic mass is 10.1. The van der Waals surface area contributed by atoms with Gasteiger partial charge in [-0.3, -0.25) is 4.79 Å². The second kappa shape index (κ2) is 10.8. The number of hydrogen-bond donors (Lipinski definition) is 1. The summed E-state index contributed by atoms with van der Waals surface area (Å²) in [5.74, 6) is -0.663. The number of piperazine rings is 1. The Morgan fingerprint density at radius 3 is 2.42 bits per heavy atom. The van der Waals surface area contributed by atoms with Crippen LogP contribution in [0, 0.1) is 0 Å². The lowest BCUT2D eigenvalue weighted by Gasteiger charge is -2.34. The second-order valence-corrected chi connectivity index (χ2v) is 8.00. The number of halogens is 4. The molecule has 0 aliphatic carbocycles. The average Bonchev–Trinajstić information content (AvgIpc) is 3.35. The highest BCUT2D eigenvalue weighted by atomic mass is 19.4. The summed E-state index contributed by atoms with van der Waals surface area (Å²) in [5.41, 5.74) is 0.533. The summed E-state index contributed by atoms with van der Waals surface area (Å²) in [6.45, 7) is 0.578. The van der Waals surface area contributed by atoms with E-state index in [0.29, 0.717) is 37.6 Å². The van der Waals surface area contributed by atoms with Gasteiger partial charge in [-0.15, -0.1) is 0 Å². The SMILES string of the molecule is O=C(Nc1ccc(N2CCN(C(=O)OCCF)CC2)nc1)C1N=C(c2ccccc2)OC1C(F)(F)F. The number of ether oxygens (including phenoxy) is 2. The standard InChI is InChI=1S/C23H23F4N5O4/c24-8-13-35-22(34)32-11-9-31(10-12-32)17-7-6-16(14-28-17)29-20(33)18-19(23(25,26)27)36-21(30-18)15-4-2-1-3-5-15/h1-7,14,18-19H,8-13H2,(H,29,33). The van der Waals surface area contributed by atoms with Crippen molar-refractivity contribution < 1.29 is 36.6 Å². The summed E-state index contributed by atoms with van der Waals surface area (Å²) in [4.78, 5) is 36.0. The maximum atomic E-state index is 13.6. The van der Waals surface area contributed by atoms with Crippen molar-refractivity contribution in [2.45, 2.75) is 18.3 Å². The Morgan fingerprint density at radius 1 is 1.08 bits per heavy atom. The van der Waals surface area contributed by atoms with Crippen molar-refractivity contribution in [2.24, 2.45) is 4.99 Å². The van der Waals surface area contributed by atoms with Gasteiger partial charge in [0.2, 0.25) is 12.0 Å². The van der Waals surface area contributed by atoms with Crippen molar-refractivity contribution in [3.05, 3.63) is 54.2 Å². The van der Waals surface area contributed by atoms with Gasteiger partial charge in [-0.1, -0.05) is 18.2 Å². The van der Waals surface area contributed by atoms with Crippen LogP contribution < -0.4 is 10.2 Å². The van der Waals surface area contributed by atoms with Gasteiger partial charge < -0.3 is 24.6 Å². The predicted molar refractivity (Wildman–Crippen MR) is 122 cm³/mol. The minimum absolute atomic E-state index is 0.196. The highest BCUT2D eigenvalue weighted by Crippen LogP contribution is 2.32. The maximum Gasteiger partial charge on any atom is 0.428 e. The number of aliphatic imine (C=N–C) groups is 1. The molecule has 2 aromatic rings. The van der Waals surface area contributed by atoms with E-state index >= 15 is 0 Å². The molecule has 1 aromatic carbocycles. The van der Waals surface area contributed by atoms with E-state index in [1.165, 1.54) is 17.2 Å². The molecule has 1 aromatic heterocycles. The minimum atomic E-state index is -4.80. The molecule has 0 radical (unpaired) electrons. The Labute approximate surface area is 203 Å². The molecule has 9 nitrogen and oxygen atoms in total. The molecule has 13 heteroatoms. The minimum Gasteiger partial charge on any atom is -0.462 e. The van der Waals surface area contributed by atoms with Gasteiger partial charge in [0.25, 0.3) is 5.91 Å². The quantitative estimate of drug-likeness (QED) is 0.602. The smallest absolute Gasteiger partial charge is 0.428 e. The third-order valence-corrected chi connectivity index (χ3v) is 5.57. The summed E-state index contributed by atoms with van der Waals surface area (Å²) in [5, 5.41) is 2.42. The molecule has 2 unspecified atom stereocenters. The molecule has 1 N–H and O–H groups in total. The zero-order chi connectivity index (χ0) is 25.7. The van der Waals surface area contributed by atoms with Gasteiger partial charge in [0, 0.05) is 31.7 Å². The summed E-state index contributed by atoms with van der Waals surface area (Å²) < 4.78 is 62.6. The van der Waals surface area contributed by atoms with E-state index in [-0.39, 0.29) is 18.2 Å². The van der Waals surface area contributed by atoms with Crippen molar-refractivity contribution in [2.75, 3.05) is 49.7 Å². The summed E-state index contributed by atoms with van der Waals surface area (Å²) in [6.07, 6.45) is -6.46. The van der Waals surface area contributed by atoms with Gasteiger partial charge >= 0.3 is 12.3 Å². The molecule has 2 amide bonds. The molecule has 1 fully saturated rings. The summed E-state index contributed by atoms with van der Waals surface area (Å²) in [7, 11) is 0. The van der Waals surface area contributed by atoms with Crippen LogP contribution in [0.25, 0.3) is 0 Å². The van der Waals surface area contributed by atoms with Gasteiger partial charge in [-0.25, -0.2) is 19.2 Å². The van der Waals surface area contributed by atoms with Crippen LogP contribution >= 0.6 is 0 Å². The zero-order valence-electron chi connectivity index (χ0n) is 18.9. The monoisotopic (exact) mass is 509 g/mol. The van der Waals surface area contributed by atoms with Crippen molar-refractivity contribution >= 4 is 29.4 Å². The van der Waals surface area contributed by atoms with E-state index in [1.54, 1.807) is 36.4 Å². The van der Waals surface area contributed by atoms with Crippen molar-refractivity contribution in [3.8, 4) is 0 Å². The van der Waals surface area contributed by atoms with Crippen LogP contribution in [0.4, 0.5) is 33.9 Å². The largest absolute Gasteiger partial charge is 0.462 e. The number of nitrogens with zero attached hydrogens (tertiary/aromatic N) is 4. The number of amides is 2. The molecule has 1 saturated heterocycles. The fourth-order valence-electron chi connectivity index (χ4n) is 3.77. The first-order valence-corrected chi connectivity index (χ1v) is 11.1. The average molecular weight is 509 g/mol. The Morgan fingerprint density at radius 2 is 1.81 bits per heavy atom. The number of rotatable bonds is 6. The number of carbonyl (C=O) groups is 2. The molecule has 2 aliphatic heterocycles. The first-order chi connectivity index (χ1) is 17.3. The molecule has 0 saturated carbocycles. The number of aromatic nitrogens is 1. The fourth-order valence-corrected chi connectivity index (χ4v) is 3.77. The van der Waals surface area contributed by atoms with Gasteiger partial charge in [0.15, 0.2) is 6.04 Å². The lowest BCUT2D eigenvalue weighted by molar-refractivity contribution is -0.198. The Hall–Kier alpha value is -3.90. The number of benzene rings is 1. The molecule has 4 rings (SSSR count). The molecular formula is C23H23F4N5O4. The summed E-state index contributed by atoms with van der Waals surface area (Å²) in [6, 6.07) is 9.35. The van der Waals surface area contributed by atoms with E-state index in [4.69, 9.17) is 9.47 Å². The third kappa shape index (κ3) is 5.83. The lowest BCUT2D eigenvalue weighted by Crippen LogP contribution is -2.49. The predicted octanol–water partition coefficient (Wildman–Crippen LogP) is 3.02. The van der Waals surface area contributed by atoms with Gasteiger partial charge in [0.05, 0.1) is 11.9 Å². The number of hydrogen-bond acceptors (Lipinski definition) is 7. The third-order valence-electron chi connectivity index (χ3n) is 5.57. The molecule has 3 heterocycles. The van der Waals surface area contributed by atoms with Crippen LogP contribution in [0.5, 0.6) is 0 Å². The van der Waals surface area contributed by atoms with Crippen LogP contribution in [0.2, 0.25) is 0 Å². The molecule has 192 valence electrons. The van der Waals surface area contributed by atoms with E-state index in [0.717, 1.165) is 0 Å². The maximum absolute atomic E-state index is 13.6. The van der Waals surface area contributed by atoms with Crippen molar-refractivity contribution in [1.82, 2.24) is 9.88 Å². The van der Waals surface area contributed by atoms with Gasteiger partial charge in [0.1, 0.15) is 19.1 Å². The van der Waals surface area contributed by atoms with E-state index in [9.17, 15) is 27.2 Å². The second-order valence-electron chi connectivity index (χ2n) is 8.00. The normalized spacial score (nSPS) is 19.9. The van der Waals surface area contributed by atoms with E-state index < -0.39 is 37.0 Å². The van der Waals surface area contributed by atoms with Gasteiger partial charge in [-0.2, -0.15) is 13.2 Å². The first kappa shape index (κ1) is 25.2. The highest BCUT2D eigenvalue weighted by Gasteiger charge is 2.53. The fraction of sp³-hybridized carbons (Fsp3) is 0.391.